The van der Waals surface area contributed by atoms with Crippen LogP contribution in [0.2, 0.25) is 0 Å². The molecule has 0 aromatic heterocycles. The summed E-state index contributed by atoms with van der Waals surface area (Å²) in [6, 6.07) is 13.4. The standard InChI is InChI=1S/C17H18S/c1-3-12-9-15(4-2)18-17-11-14-8-6-5-7-13(14)10-16(12)17/h5-11,15H,3-4H2,1-2H3. The van der Waals surface area contributed by atoms with Crippen LogP contribution in [0.4, 0.5) is 0 Å². The molecule has 0 radical (unpaired) electrons. The Kier molecular flexibility index (Phi) is 3.17. The Labute approximate surface area is 113 Å². The third-order valence-corrected chi connectivity index (χ3v) is 5.01. The maximum Gasteiger partial charge on any atom is 0.0277 e. The number of hydrogen-bond acceptors (Lipinski definition) is 1. The van der Waals surface area contributed by atoms with E-state index in [2.05, 4.69) is 56.3 Å². The van der Waals surface area contributed by atoms with Gasteiger partial charge in [-0.15, -0.1) is 11.8 Å². The molecule has 0 bridgehead atoms. The first kappa shape index (κ1) is 11.9. The molecule has 2 aromatic rings. The number of hydrogen-bond donors (Lipinski definition) is 0. The Balaban J connectivity index is 2.20. The molecule has 0 amide bonds. The van der Waals surface area contributed by atoms with Crippen LogP contribution in [-0.2, 0) is 0 Å². The highest BCUT2D eigenvalue weighted by atomic mass is 32.2. The van der Waals surface area contributed by atoms with E-state index in [1.165, 1.54) is 33.2 Å². The molecule has 0 spiro atoms. The lowest BCUT2D eigenvalue weighted by molar-refractivity contribution is 0.964. The van der Waals surface area contributed by atoms with E-state index in [-0.39, 0.29) is 0 Å². The van der Waals surface area contributed by atoms with E-state index >= 15 is 0 Å². The molecule has 1 atom stereocenters. The maximum absolute atomic E-state index is 2.46. The van der Waals surface area contributed by atoms with Gasteiger partial charge >= 0.3 is 0 Å². The van der Waals surface area contributed by atoms with E-state index in [1.54, 1.807) is 0 Å². The fourth-order valence-corrected chi connectivity index (χ4v) is 3.83. The van der Waals surface area contributed by atoms with Crippen molar-refractivity contribution in [2.75, 3.05) is 0 Å². The molecule has 1 heteroatoms. The summed E-state index contributed by atoms with van der Waals surface area (Å²) < 4.78 is 0. The molecule has 0 saturated carbocycles. The molecule has 1 aliphatic rings. The first-order chi connectivity index (χ1) is 8.81. The zero-order valence-electron chi connectivity index (χ0n) is 10.9. The summed E-state index contributed by atoms with van der Waals surface area (Å²) in [6.45, 7) is 4.53. The lowest BCUT2D eigenvalue weighted by atomic mass is 9.97. The summed E-state index contributed by atoms with van der Waals surface area (Å²) in [6.07, 6.45) is 4.80. The predicted molar refractivity (Wildman–Crippen MR) is 82.2 cm³/mol. The zero-order valence-corrected chi connectivity index (χ0v) is 11.8. The average Bonchev–Trinajstić information content (AvgIpc) is 2.43. The topological polar surface area (TPSA) is 0 Å². The largest absolute Gasteiger partial charge is 0.118 e. The SMILES string of the molecule is CCC1=CC(CC)Sc2cc3ccccc3cc21. The fourth-order valence-electron chi connectivity index (χ4n) is 2.59. The van der Waals surface area contributed by atoms with Crippen LogP contribution >= 0.6 is 11.8 Å². The van der Waals surface area contributed by atoms with Crippen LogP contribution in [0.25, 0.3) is 16.3 Å². The molecule has 0 saturated heterocycles. The van der Waals surface area contributed by atoms with Crippen LogP contribution in [0.5, 0.6) is 0 Å². The van der Waals surface area contributed by atoms with E-state index in [0.29, 0.717) is 5.25 Å². The van der Waals surface area contributed by atoms with Crippen molar-refractivity contribution < 1.29 is 0 Å². The van der Waals surface area contributed by atoms with Crippen LogP contribution in [0.3, 0.4) is 0 Å². The van der Waals surface area contributed by atoms with Crippen molar-refractivity contribution in [2.45, 2.75) is 36.8 Å². The van der Waals surface area contributed by atoms with Gasteiger partial charge in [-0.2, -0.15) is 0 Å². The lowest BCUT2D eigenvalue weighted by Crippen LogP contribution is -2.04. The normalized spacial score (nSPS) is 18.6. The predicted octanol–water partition coefficient (Wildman–Crippen LogP) is 5.52. The molecule has 0 aliphatic carbocycles. The van der Waals surface area contributed by atoms with Crippen molar-refractivity contribution in [3.05, 3.63) is 48.0 Å². The lowest BCUT2D eigenvalue weighted by Gasteiger charge is -2.23. The number of fused-ring (bicyclic) bond motifs is 2. The summed E-state index contributed by atoms with van der Waals surface area (Å²) in [5, 5.41) is 3.36. The van der Waals surface area contributed by atoms with Crippen molar-refractivity contribution >= 4 is 28.1 Å². The number of allylic oxidation sites excluding steroid dienone is 1. The maximum atomic E-state index is 2.46. The summed E-state index contributed by atoms with van der Waals surface area (Å²) in [7, 11) is 0. The van der Waals surface area contributed by atoms with E-state index in [0.717, 1.165) is 6.42 Å². The third kappa shape index (κ3) is 1.97. The molecule has 1 aliphatic heterocycles. The minimum absolute atomic E-state index is 0.647. The van der Waals surface area contributed by atoms with Gasteiger partial charge in [0, 0.05) is 10.1 Å². The van der Waals surface area contributed by atoms with Gasteiger partial charge in [0.05, 0.1) is 0 Å². The van der Waals surface area contributed by atoms with E-state index in [4.69, 9.17) is 0 Å². The minimum atomic E-state index is 0.647. The molecule has 0 nitrogen and oxygen atoms in total. The highest BCUT2D eigenvalue weighted by Gasteiger charge is 2.18. The second-order valence-corrected chi connectivity index (χ2v) is 6.09. The molecule has 92 valence electrons. The van der Waals surface area contributed by atoms with Gasteiger partial charge in [0.1, 0.15) is 0 Å². The molecule has 0 fully saturated rings. The Bertz CT molecular complexity index is 610. The Hall–Kier alpha value is -1.21. The van der Waals surface area contributed by atoms with E-state index < -0.39 is 0 Å². The summed E-state index contributed by atoms with van der Waals surface area (Å²) in [5.41, 5.74) is 2.97. The first-order valence-electron chi connectivity index (χ1n) is 6.72. The third-order valence-electron chi connectivity index (χ3n) is 3.64. The van der Waals surface area contributed by atoms with Crippen molar-refractivity contribution in [1.82, 2.24) is 0 Å². The number of thioether (sulfide) groups is 1. The Morgan fingerprint density at radius 2 is 1.78 bits per heavy atom. The minimum Gasteiger partial charge on any atom is -0.118 e. The molecule has 1 heterocycles. The van der Waals surface area contributed by atoms with Gasteiger partial charge in [0.2, 0.25) is 0 Å². The van der Waals surface area contributed by atoms with Gasteiger partial charge in [-0.1, -0.05) is 44.2 Å². The second kappa shape index (κ2) is 4.81. The molecule has 3 rings (SSSR count). The van der Waals surface area contributed by atoms with Crippen LogP contribution in [0, 0.1) is 0 Å². The second-order valence-electron chi connectivity index (χ2n) is 4.81. The van der Waals surface area contributed by atoms with Gasteiger partial charge in [-0.25, -0.2) is 0 Å². The quantitative estimate of drug-likeness (QED) is 0.680. The van der Waals surface area contributed by atoms with Gasteiger partial charge < -0.3 is 0 Å². The highest BCUT2D eigenvalue weighted by Crippen LogP contribution is 2.41. The molecule has 2 aromatic carbocycles. The van der Waals surface area contributed by atoms with Gasteiger partial charge in [0.25, 0.3) is 0 Å². The monoisotopic (exact) mass is 254 g/mol. The van der Waals surface area contributed by atoms with Crippen molar-refractivity contribution in [3.63, 3.8) is 0 Å². The van der Waals surface area contributed by atoms with Crippen molar-refractivity contribution in [2.24, 2.45) is 0 Å². The zero-order chi connectivity index (χ0) is 12.5. The Morgan fingerprint density at radius 1 is 1.06 bits per heavy atom. The molecule has 0 N–H and O–H groups in total. The molecule has 18 heavy (non-hydrogen) atoms. The van der Waals surface area contributed by atoms with Crippen LogP contribution in [0.15, 0.2) is 47.4 Å². The molecule has 1 unspecified atom stereocenters. The van der Waals surface area contributed by atoms with E-state index in [1.807, 2.05) is 11.8 Å². The fraction of sp³-hybridized carbons (Fsp3) is 0.294. The van der Waals surface area contributed by atoms with Crippen molar-refractivity contribution in [1.29, 1.82) is 0 Å². The van der Waals surface area contributed by atoms with Gasteiger partial charge in [-0.3, -0.25) is 0 Å². The summed E-state index contributed by atoms with van der Waals surface area (Å²) in [4.78, 5) is 1.46. The smallest absolute Gasteiger partial charge is 0.0277 e. The molecular weight excluding hydrogens is 236 g/mol. The summed E-state index contributed by atoms with van der Waals surface area (Å²) >= 11 is 2.01. The number of benzene rings is 2. The Morgan fingerprint density at radius 3 is 2.44 bits per heavy atom. The van der Waals surface area contributed by atoms with E-state index in [9.17, 15) is 0 Å². The average molecular weight is 254 g/mol. The van der Waals surface area contributed by atoms with Crippen LogP contribution < -0.4 is 0 Å². The van der Waals surface area contributed by atoms with Crippen LogP contribution in [0.1, 0.15) is 32.3 Å². The van der Waals surface area contributed by atoms with Crippen molar-refractivity contribution in [3.8, 4) is 0 Å². The van der Waals surface area contributed by atoms with Gasteiger partial charge in [0.15, 0.2) is 0 Å². The summed E-state index contributed by atoms with van der Waals surface area (Å²) in [5.74, 6) is 0. The van der Waals surface area contributed by atoms with Gasteiger partial charge in [-0.05, 0) is 46.9 Å². The molecular formula is C17H18S. The van der Waals surface area contributed by atoms with Crippen LogP contribution in [-0.4, -0.2) is 5.25 Å². The number of rotatable bonds is 2. The first-order valence-corrected chi connectivity index (χ1v) is 7.60. The highest BCUT2D eigenvalue weighted by molar-refractivity contribution is 8.00.